The summed E-state index contributed by atoms with van der Waals surface area (Å²) < 4.78 is 18.9. The molecule has 0 saturated heterocycles. The quantitative estimate of drug-likeness (QED) is 0.847. The highest BCUT2D eigenvalue weighted by Crippen LogP contribution is 2.16. The summed E-state index contributed by atoms with van der Waals surface area (Å²) in [7, 11) is 0. The number of carbonyl (C=O) groups is 2. The van der Waals surface area contributed by atoms with E-state index in [9.17, 15) is 14.0 Å². The van der Waals surface area contributed by atoms with Gasteiger partial charge in [-0.05, 0) is 56.2 Å². The van der Waals surface area contributed by atoms with Crippen LogP contribution in [0.2, 0.25) is 0 Å². The Morgan fingerprint density at radius 2 is 1.84 bits per heavy atom. The lowest BCUT2D eigenvalue weighted by Crippen LogP contribution is -2.43. The van der Waals surface area contributed by atoms with Crippen LogP contribution in [0, 0.1) is 19.7 Å². The van der Waals surface area contributed by atoms with Crippen LogP contribution in [0.4, 0.5) is 10.1 Å². The number of aryl methyl sites for hydroxylation is 2. The van der Waals surface area contributed by atoms with Crippen LogP contribution in [0.5, 0.6) is 5.75 Å². The second-order valence-electron chi connectivity index (χ2n) is 5.79. The van der Waals surface area contributed by atoms with E-state index in [0.717, 1.165) is 11.1 Å². The Bertz CT molecular complexity index is 777. The van der Waals surface area contributed by atoms with Crippen LogP contribution in [-0.4, -0.2) is 24.5 Å². The van der Waals surface area contributed by atoms with Gasteiger partial charge in [-0.1, -0.05) is 18.2 Å². The van der Waals surface area contributed by atoms with Crippen molar-refractivity contribution in [1.82, 2.24) is 5.32 Å². The maximum atomic E-state index is 13.5. The van der Waals surface area contributed by atoms with Crippen LogP contribution in [0.15, 0.2) is 42.5 Å². The summed E-state index contributed by atoms with van der Waals surface area (Å²) in [5.74, 6) is -0.895. The molecule has 1 unspecified atom stereocenters. The molecule has 2 rings (SSSR count). The average Bonchev–Trinajstić information content (AvgIpc) is 2.58. The van der Waals surface area contributed by atoms with Crippen LogP contribution in [-0.2, 0) is 9.59 Å². The molecule has 132 valence electrons. The van der Waals surface area contributed by atoms with E-state index >= 15 is 0 Å². The number of amides is 2. The van der Waals surface area contributed by atoms with Gasteiger partial charge in [-0.3, -0.25) is 9.59 Å². The van der Waals surface area contributed by atoms with Gasteiger partial charge in [-0.2, -0.15) is 0 Å². The standard InChI is InChI=1S/C19H21FN2O3/c1-12-8-9-15(10-13(12)2)25-11-18(23)21-14(3)19(24)22-17-7-5-4-6-16(17)20/h4-10,14H,11H2,1-3H3,(H,21,23)(H,22,24). The number of hydrogen-bond acceptors (Lipinski definition) is 3. The number of para-hydroxylation sites is 1. The first-order chi connectivity index (χ1) is 11.9. The van der Waals surface area contributed by atoms with E-state index in [0.29, 0.717) is 5.75 Å². The highest BCUT2D eigenvalue weighted by molar-refractivity contribution is 5.97. The Balaban J connectivity index is 1.83. The molecule has 0 fully saturated rings. The number of nitrogens with one attached hydrogen (secondary N) is 2. The molecule has 0 aliphatic carbocycles. The van der Waals surface area contributed by atoms with Crippen molar-refractivity contribution in [3.8, 4) is 5.75 Å². The summed E-state index contributed by atoms with van der Waals surface area (Å²) in [6.45, 7) is 5.25. The van der Waals surface area contributed by atoms with E-state index in [-0.39, 0.29) is 12.3 Å². The van der Waals surface area contributed by atoms with Crippen molar-refractivity contribution < 1.29 is 18.7 Å². The molecule has 2 N–H and O–H groups in total. The lowest BCUT2D eigenvalue weighted by molar-refractivity contribution is -0.127. The second-order valence-corrected chi connectivity index (χ2v) is 5.79. The molecule has 0 radical (unpaired) electrons. The summed E-state index contributed by atoms with van der Waals surface area (Å²) in [6.07, 6.45) is 0. The number of carbonyl (C=O) groups excluding carboxylic acids is 2. The van der Waals surface area contributed by atoms with Crippen molar-refractivity contribution in [3.63, 3.8) is 0 Å². The number of anilines is 1. The Morgan fingerprint density at radius 1 is 1.12 bits per heavy atom. The molecule has 0 bridgehead atoms. The first-order valence-electron chi connectivity index (χ1n) is 7.91. The smallest absolute Gasteiger partial charge is 0.258 e. The number of ether oxygens (including phenoxy) is 1. The lowest BCUT2D eigenvalue weighted by atomic mass is 10.1. The first-order valence-corrected chi connectivity index (χ1v) is 7.91. The van der Waals surface area contributed by atoms with E-state index in [4.69, 9.17) is 4.74 Å². The third kappa shape index (κ3) is 5.31. The van der Waals surface area contributed by atoms with Crippen LogP contribution < -0.4 is 15.4 Å². The second kappa shape index (κ2) is 8.28. The van der Waals surface area contributed by atoms with Gasteiger partial charge in [0, 0.05) is 0 Å². The molecule has 0 heterocycles. The first kappa shape index (κ1) is 18.4. The molecular formula is C19H21FN2O3. The van der Waals surface area contributed by atoms with E-state index in [1.807, 2.05) is 26.0 Å². The number of hydrogen-bond donors (Lipinski definition) is 2. The minimum Gasteiger partial charge on any atom is -0.484 e. The minimum atomic E-state index is -0.824. The Hall–Kier alpha value is -2.89. The third-order valence-corrected chi connectivity index (χ3v) is 3.75. The van der Waals surface area contributed by atoms with Gasteiger partial charge in [0.05, 0.1) is 5.69 Å². The minimum absolute atomic E-state index is 0.0694. The lowest BCUT2D eigenvalue weighted by Gasteiger charge is -2.15. The highest BCUT2D eigenvalue weighted by atomic mass is 19.1. The molecule has 0 aromatic heterocycles. The molecule has 0 aliphatic rings. The summed E-state index contributed by atoms with van der Waals surface area (Å²) in [5, 5.41) is 4.95. The Labute approximate surface area is 146 Å². The normalized spacial score (nSPS) is 11.5. The van der Waals surface area contributed by atoms with E-state index in [1.165, 1.54) is 25.1 Å². The average molecular weight is 344 g/mol. The van der Waals surface area contributed by atoms with Gasteiger partial charge >= 0.3 is 0 Å². The maximum Gasteiger partial charge on any atom is 0.258 e. The van der Waals surface area contributed by atoms with E-state index in [1.54, 1.807) is 12.1 Å². The Kier molecular flexibility index (Phi) is 6.11. The molecule has 0 spiro atoms. The molecule has 2 aromatic carbocycles. The van der Waals surface area contributed by atoms with Gasteiger partial charge in [0.2, 0.25) is 5.91 Å². The van der Waals surface area contributed by atoms with Crippen molar-refractivity contribution in [2.75, 3.05) is 11.9 Å². The molecule has 25 heavy (non-hydrogen) atoms. The highest BCUT2D eigenvalue weighted by Gasteiger charge is 2.17. The number of halogens is 1. The summed E-state index contributed by atoms with van der Waals surface area (Å²) in [4.78, 5) is 23.9. The van der Waals surface area contributed by atoms with E-state index in [2.05, 4.69) is 10.6 Å². The summed E-state index contributed by atoms with van der Waals surface area (Å²) in [5.41, 5.74) is 2.27. The molecule has 0 aliphatic heterocycles. The zero-order valence-electron chi connectivity index (χ0n) is 14.4. The molecule has 0 saturated carbocycles. The van der Waals surface area contributed by atoms with Gasteiger partial charge in [0.1, 0.15) is 17.6 Å². The molecule has 5 nitrogen and oxygen atoms in total. The zero-order valence-corrected chi connectivity index (χ0v) is 14.4. The maximum absolute atomic E-state index is 13.5. The number of rotatable bonds is 6. The fourth-order valence-corrected chi connectivity index (χ4v) is 2.10. The van der Waals surface area contributed by atoms with Crippen LogP contribution in [0.25, 0.3) is 0 Å². The monoisotopic (exact) mass is 344 g/mol. The van der Waals surface area contributed by atoms with Gasteiger partial charge in [0.25, 0.3) is 5.91 Å². The van der Waals surface area contributed by atoms with Crippen molar-refractivity contribution in [3.05, 3.63) is 59.4 Å². The van der Waals surface area contributed by atoms with Crippen molar-refractivity contribution in [2.24, 2.45) is 0 Å². The van der Waals surface area contributed by atoms with Crippen LogP contribution in [0.1, 0.15) is 18.1 Å². The zero-order chi connectivity index (χ0) is 18.4. The molecular weight excluding hydrogens is 323 g/mol. The summed E-state index contributed by atoms with van der Waals surface area (Å²) in [6, 6.07) is 10.5. The summed E-state index contributed by atoms with van der Waals surface area (Å²) >= 11 is 0. The van der Waals surface area contributed by atoms with Gasteiger partial charge in [-0.15, -0.1) is 0 Å². The number of benzene rings is 2. The topological polar surface area (TPSA) is 67.4 Å². The largest absolute Gasteiger partial charge is 0.484 e. The van der Waals surface area contributed by atoms with Crippen LogP contribution in [0.3, 0.4) is 0 Å². The van der Waals surface area contributed by atoms with Crippen LogP contribution >= 0.6 is 0 Å². The van der Waals surface area contributed by atoms with Gasteiger partial charge in [0.15, 0.2) is 6.61 Å². The fourth-order valence-electron chi connectivity index (χ4n) is 2.10. The van der Waals surface area contributed by atoms with Crippen molar-refractivity contribution in [1.29, 1.82) is 0 Å². The molecule has 6 heteroatoms. The molecule has 2 aromatic rings. The Morgan fingerprint density at radius 3 is 2.52 bits per heavy atom. The van der Waals surface area contributed by atoms with E-state index < -0.39 is 23.7 Å². The van der Waals surface area contributed by atoms with Crippen molar-refractivity contribution in [2.45, 2.75) is 26.8 Å². The molecule has 2 amide bonds. The predicted molar refractivity (Wildman–Crippen MR) is 94.0 cm³/mol. The third-order valence-electron chi connectivity index (χ3n) is 3.75. The van der Waals surface area contributed by atoms with Gasteiger partial charge < -0.3 is 15.4 Å². The van der Waals surface area contributed by atoms with Crippen molar-refractivity contribution >= 4 is 17.5 Å². The SMILES string of the molecule is Cc1ccc(OCC(=O)NC(C)C(=O)Nc2ccccc2F)cc1C. The van der Waals surface area contributed by atoms with Gasteiger partial charge in [-0.25, -0.2) is 4.39 Å². The fraction of sp³-hybridized carbons (Fsp3) is 0.263. The predicted octanol–water partition coefficient (Wildman–Crippen LogP) is 2.96. The molecule has 1 atom stereocenters.